The number of hydrogen-bond donors (Lipinski definition) is 1. The molecule has 7 heteroatoms. The minimum atomic E-state index is -0.0428. The van der Waals surface area contributed by atoms with Gasteiger partial charge in [-0.05, 0) is 75.7 Å². The van der Waals surface area contributed by atoms with Gasteiger partial charge in [0, 0.05) is 17.6 Å². The predicted molar refractivity (Wildman–Crippen MR) is 125 cm³/mol. The summed E-state index contributed by atoms with van der Waals surface area (Å²) in [6.45, 7) is 1.87. The molecule has 1 fully saturated rings. The maximum atomic E-state index is 6.31. The number of pyridine rings is 1. The van der Waals surface area contributed by atoms with Gasteiger partial charge in [-0.25, -0.2) is 0 Å². The molecule has 0 radical (unpaired) electrons. The largest absolute Gasteiger partial charge is 0.452 e. The molecule has 2 atom stereocenters. The highest BCUT2D eigenvalue weighted by Crippen LogP contribution is 2.41. The minimum Gasteiger partial charge on any atom is -0.452 e. The summed E-state index contributed by atoms with van der Waals surface area (Å²) in [5.41, 5.74) is 0.966. The number of rotatable bonds is 8. The van der Waals surface area contributed by atoms with Crippen LogP contribution in [0.3, 0.4) is 0 Å². The summed E-state index contributed by atoms with van der Waals surface area (Å²) in [5.74, 6) is 0.904. The highest BCUT2D eigenvalue weighted by molar-refractivity contribution is 7.99. The van der Waals surface area contributed by atoms with Crippen LogP contribution >= 0.6 is 24.0 Å². The predicted octanol–water partition coefficient (Wildman–Crippen LogP) is 4.75. The molecule has 2 aromatic heterocycles. The molecule has 1 aromatic carbocycles. The van der Waals surface area contributed by atoms with Crippen molar-refractivity contribution in [3.05, 3.63) is 78.3 Å². The van der Waals surface area contributed by atoms with E-state index in [0.717, 1.165) is 46.1 Å². The van der Waals surface area contributed by atoms with Gasteiger partial charge in [0.1, 0.15) is 11.8 Å². The first-order valence-corrected chi connectivity index (χ1v) is 11.3. The fourth-order valence-corrected chi connectivity index (χ4v) is 4.80. The van der Waals surface area contributed by atoms with E-state index in [1.807, 2.05) is 48.7 Å². The molecular formula is C23H26N4OS2. The molecule has 1 aliphatic heterocycles. The monoisotopic (exact) mass is 438 g/mol. The van der Waals surface area contributed by atoms with Gasteiger partial charge in [-0.2, -0.15) is 0 Å². The lowest BCUT2D eigenvalue weighted by Crippen LogP contribution is -2.32. The van der Waals surface area contributed by atoms with E-state index in [2.05, 4.69) is 52.4 Å². The van der Waals surface area contributed by atoms with Crippen LogP contribution in [-0.2, 0) is 0 Å². The van der Waals surface area contributed by atoms with E-state index in [9.17, 15) is 0 Å². The number of hydrogen-bond acceptors (Lipinski definition) is 5. The first-order chi connectivity index (χ1) is 14.6. The van der Waals surface area contributed by atoms with E-state index < -0.39 is 0 Å². The van der Waals surface area contributed by atoms with Crippen LogP contribution in [0.15, 0.2) is 81.3 Å². The van der Waals surface area contributed by atoms with Crippen molar-refractivity contribution in [3.8, 4) is 0 Å². The van der Waals surface area contributed by atoms with Gasteiger partial charge in [0.25, 0.3) is 0 Å². The molecule has 30 heavy (non-hydrogen) atoms. The molecule has 3 heterocycles. The summed E-state index contributed by atoms with van der Waals surface area (Å²) < 4.78 is 6.31. The van der Waals surface area contributed by atoms with E-state index in [-0.39, 0.29) is 12.1 Å². The van der Waals surface area contributed by atoms with Crippen LogP contribution in [-0.4, -0.2) is 47.1 Å². The van der Waals surface area contributed by atoms with Gasteiger partial charge in [0.05, 0.1) is 11.7 Å². The fourth-order valence-electron chi connectivity index (χ4n) is 3.67. The SMILES string of the molecule is CN(C)CCCN1C(=S)N[C@H](c2ccccn2)[C@H]1c1ccc(Sc2ccccc2)o1. The Kier molecular flexibility index (Phi) is 6.72. The summed E-state index contributed by atoms with van der Waals surface area (Å²) in [6.07, 6.45) is 2.84. The normalized spacial score (nSPS) is 18.8. The van der Waals surface area contributed by atoms with Gasteiger partial charge in [-0.1, -0.05) is 36.0 Å². The molecule has 0 unspecified atom stereocenters. The third-order valence-electron chi connectivity index (χ3n) is 5.06. The van der Waals surface area contributed by atoms with Gasteiger partial charge >= 0.3 is 0 Å². The Morgan fingerprint density at radius 1 is 1.10 bits per heavy atom. The van der Waals surface area contributed by atoms with Crippen LogP contribution in [0.5, 0.6) is 0 Å². The van der Waals surface area contributed by atoms with Crippen molar-refractivity contribution in [2.24, 2.45) is 0 Å². The standard InChI is InChI=1S/C23H26N4OS2/c1-26(2)15-8-16-27-22(21(25-23(27)29)18-11-6-7-14-24-18)19-12-13-20(28-19)30-17-9-4-3-5-10-17/h3-7,9-14,21-22H,8,15-16H2,1-2H3,(H,25,29)/t21-,22-/m1/s1. The molecule has 1 saturated heterocycles. The average Bonchev–Trinajstić information content (AvgIpc) is 3.33. The Balaban J connectivity index is 1.60. The topological polar surface area (TPSA) is 44.5 Å². The van der Waals surface area contributed by atoms with Gasteiger partial charge in [-0.15, -0.1) is 0 Å². The molecule has 0 bridgehead atoms. The summed E-state index contributed by atoms with van der Waals surface area (Å²) in [7, 11) is 4.18. The molecule has 3 aromatic rings. The lowest BCUT2D eigenvalue weighted by molar-refractivity contribution is 0.249. The Bertz CT molecular complexity index is 962. The number of aromatic nitrogens is 1. The zero-order valence-electron chi connectivity index (χ0n) is 17.2. The van der Waals surface area contributed by atoms with Crippen LogP contribution in [0.25, 0.3) is 0 Å². The first kappa shape index (κ1) is 20.9. The van der Waals surface area contributed by atoms with Crippen molar-refractivity contribution < 1.29 is 4.42 Å². The van der Waals surface area contributed by atoms with Gasteiger partial charge in [-0.3, -0.25) is 4.98 Å². The van der Waals surface area contributed by atoms with E-state index in [1.54, 1.807) is 11.8 Å². The molecular weight excluding hydrogens is 412 g/mol. The van der Waals surface area contributed by atoms with Gasteiger partial charge < -0.3 is 19.5 Å². The van der Waals surface area contributed by atoms with Crippen molar-refractivity contribution in [1.82, 2.24) is 20.1 Å². The molecule has 156 valence electrons. The number of nitrogens with zero attached hydrogens (tertiary/aromatic N) is 3. The van der Waals surface area contributed by atoms with Crippen molar-refractivity contribution in [3.63, 3.8) is 0 Å². The molecule has 0 aliphatic carbocycles. The Labute approximate surface area is 187 Å². The number of nitrogens with one attached hydrogen (secondary N) is 1. The maximum absolute atomic E-state index is 6.31. The molecule has 0 amide bonds. The quantitative estimate of drug-likeness (QED) is 0.509. The van der Waals surface area contributed by atoms with Gasteiger partial charge in [0.2, 0.25) is 0 Å². The lowest BCUT2D eigenvalue weighted by Gasteiger charge is -2.26. The van der Waals surface area contributed by atoms with Crippen LogP contribution in [0.1, 0.15) is 30.0 Å². The third-order valence-corrected chi connectivity index (χ3v) is 6.34. The molecule has 5 nitrogen and oxygen atoms in total. The fraction of sp³-hybridized carbons (Fsp3) is 0.304. The second kappa shape index (κ2) is 9.64. The minimum absolute atomic E-state index is 0.0281. The van der Waals surface area contributed by atoms with Crippen LogP contribution < -0.4 is 5.32 Å². The Morgan fingerprint density at radius 3 is 2.63 bits per heavy atom. The van der Waals surface area contributed by atoms with Crippen LogP contribution in [0, 0.1) is 0 Å². The summed E-state index contributed by atoms with van der Waals surface area (Å²) in [6, 6.07) is 20.3. The van der Waals surface area contributed by atoms with Crippen LogP contribution in [0.2, 0.25) is 0 Å². The molecule has 1 aliphatic rings. The summed E-state index contributed by atoms with van der Waals surface area (Å²) >= 11 is 7.34. The van der Waals surface area contributed by atoms with E-state index in [0.29, 0.717) is 0 Å². The third kappa shape index (κ3) is 4.86. The van der Waals surface area contributed by atoms with Crippen molar-refractivity contribution in [1.29, 1.82) is 0 Å². The Morgan fingerprint density at radius 2 is 1.90 bits per heavy atom. The molecule has 0 spiro atoms. The molecule has 0 saturated carbocycles. The molecule has 1 N–H and O–H groups in total. The number of thiocarbonyl (C=S) groups is 1. The van der Waals surface area contributed by atoms with E-state index >= 15 is 0 Å². The number of furan rings is 1. The summed E-state index contributed by atoms with van der Waals surface area (Å²) in [5, 5.41) is 5.11. The number of benzene rings is 1. The van der Waals surface area contributed by atoms with Crippen molar-refractivity contribution >= 4 is 29.1 Å². The maximum Gasteiger partial charge on any atom is 0.170 e. The smallest absolute Gasteiger partial charge is 0.170 e. The zero-order chi connectivity index (χ0) is 20.9. The van der Waals surface area contributed by atoms with Crippen molar-refractivity contribution in [2.75, 3.05) is 27.2 Å². The highest BCUT2D eigenvalue weighted by Gasteiger charge is 2.41. The Hall–Kier alpha value is -2.35. The summed E-state index contributed by atoms with van der Waals surface area (Å²) in [4.78, 5) is 10.2. The lowest BCUT2D eigenvalue weighted by atomic mass is 10.0. The second-order valence-corrected chi connectivity index (χ2v) is 9.01. The average molecular weight is 439 g/mol. The van der Waals surface area contributed by atoms with Crippen molar-refractivity contribution in [2.45, 2.75) is 28.5 Å². The van der Waals surface area contributed by atoms with Gasteiger partial charge in [0.15, 0.2) is 10.2 Å². The van der Waals surface area contributed by atoms with Crippen LogP contribution in [0.4, 0.5) is 0 Å². The molecule has 4 rings (SSSR count). The zero-order valence-corrected chi connectivity index (χ0v) is 18.8. The van der Waals surface area contributed by atoms with E-state index in [1.165, 1.54) is 0 Å². The van der Waals surface area contributed by atoms with E-state index in [4.69, 9.17) is 16.6 Å². The second-order valence-electron chi connectivity index (χ2n) is 7.55. The highest BCUT2D eigenvalue weighted by atomic mass is 32.2. The first-order valence-electron chi connectivity index (χ1n) is 10.1.